The van der Waals surface area contributed by atoms with Crippen molar-refractivity contribution in [1.29, 1.82) is 0 Å². The van der Waals surface area contributed by atoms with E-state index < -0.39 is 0 Å². The zero-order valence-electron chi connectivity index (χ0n) is 13.3. The molecule has 1 amide bonds. The van der Waals surface area contributed by atoms with Gasteiger partial charge in [0.25, 0.3) is 5.91 Å². The van der Waals surface area contributed by atoms with Gasteiger partial charge >= 0.3 is 0 Å². The topological polar surface area (TPSA) is 94.8 Å². The number of rotatable bonds is 5. The molecule has 0 saturated heterocycles. The third-order valence-corrected chi connectivity index (χ3v) is 3.35. The molecule has 0 fully saturated rings. The standard InChI is InChI=1S/C16H16N6O2/c1-11-7-8-17-14(9-11)18-16(23)12-3-5-13(6-4-12)24-10-15-19-20-21-22(15)2/h3-9H,10H2,1-2H3,(H,17,18,23). The molecule has 0 aliphatic heterocycles. The molecule has 0 spiro atoms. The van der Waals surface area contributed by atoms with Gasteiger partial charge in [-0.25, -0.2) is 9.67 Å². The van der Waals surface area contributed by atoms with E-state index in [9.17, 15) is 4.79 Å². The fourth-order valence-electron chi connectivity index (χ4n) is 2.01. The minimum absolute atomic E-state index is 0.225. The number of aryl methyl sites for hydroxylation is 2. The van der Waals surface area contributed by atoms with Gasteiger partial charge in [0.15, 0.2) is 5.82 Å². The lowest BCUT2D eigenvalue weighted by Gasteiger charge is -2.07. The van der Waals surface area contributed by atoms with Crippen molar-refractivity contribution in [3.8, 4) is 5.75 Å². The van der Waals surface area contributed by atoms with Crippen LogP contribution in [0.3, 0.4) is 0 Å². The van der Waals surface area contributed by atoms with Crippen molar-refractivity contribution in [3.05, 3.63) is 59.5 Å². The van der Waals surface area contributed by atoms with Gasteiger partial charge in [-0.1, -0.05) is 0 Å². The zero-order valence-corrected chi connectivity index (χ0v) is 13.3. The number of tetrazole rings is 1. The lowest BCUT2D eigenvalue weighted by molar-refractivity contribution is 0.102. The van der Waals surface area contributed by atoms with Gasteiger partial charge in [0.05, 0.1) is 0 Å². The summed E-state index contributed by atoms with van der Waals surface area (Å²) in [6, 6.07) is 10.5. The largest absolute Gasteiger partial charge is 0.486 e. The number of nitrogens with zero attached hydrogens (tertiary/aromatic N) is 5. The Labute approximate surface area is 138 Å². The Bertz CT molecular complexity index is 844. The fourth-order valence-corrected chi connectivity index (χ4v) is 2.01. The number of nitrogens with one attached hydrogen (secondary N) is 1. The first-order valence-corrected chi connectivity index (χ1v) is 7.30. The number of aromatic nitrogens is 5. The lowest BCUT2D eigenvalue weighted by Crippen LogP contribution is -2.13. The van der Waals surface area contributed by atoms with E-state index in [0.717, 1.165) is 5.56 Å². The van der Waals surface area contributed by atoms with Crippen molar-refractivity contribution in [2.75, 3.05) is 5.32 Å². The first kappa shape index (κ1) is 15.6. The molecule has 122 valence electrons. The molecule has 8 heteroatoms. The molecule has 0 saturated carbocycles. The highest BCUT2D eigenvalue weighted by Gasteiger charge is 2.08. The second kappa shape index (κ2) is 6.86. The van der Waals surface area contributed by atoms with E-state index in [4.69, 9.17) is 4.74 Å². The molecule has 24 heavy (non-hydrogen) atoms. The molecule has 0 bridgehead atoms. The van der Waals surface area contributed by atoms with E-state index in [1.54, 1.807) is 37.5 Å². The predicted octanol–water partition coefficient (Wildman–Crippen LogP) is 1.74. The molecular weight excluding hydrogens is 308 g/mol. The number of carbonyl (C=O) groups is 1. The Morgan fingerprint density at radius 1 is 1.25 bits per heavy atom. The van der Waals surface area contributed by atoms with Gasteiger partial charge in [0.2, 0.25) is 0 Å². The van der Waals surface area contributed by atoms with Crippen molar-refractivity contribution in [2.24, 2.45) is 7.05 Å². The Hall–Kier alpha value is -3.29. The Kier molecular flexibility index (Phi) is 4.46. The van der Waals surface area contributed by atoms with E-state index in [2.05, 4.69) is 25.8 Å². The lowest BCUT2D eigenvalue weighted by atomic mass is 10.2. The molecule has 0 radical (unpaired) electrons. The summed E-state index contributed by atoms with van der Waals surface area (Å²) in [5.74, 6) is 1.54. The molecule has 0 unspecified atom stereocenters. The maximum atomic E-state index is 12.2. The number of carbonyl (C=O) groups excluding carboxylic acids is 1. The van der Waals surface area contributed by atoms with Crippen molar-refractivity contribution < 1.29 is 9.53 Å². The molecular formula is C16H16N6O2. The van der Waals surface area contributed by atoms with Gasteiger partial charge in [-0.3, -0.25) is 4.79 Å². The van der Waals surface area contributed by atoms with Crippen molar-refractivity contribution in [3.63, 3.8) is 0 Å². The second-order valence-electron chi connectivity index (χ2n) is 5.20. The van der Waals surface area contributed by atoms with Crippen LogP contribution in [0.15, 0.2) is 42.6 Å². The van der Waals surface area contributed by atoms with Crippen LogP contribution in [0.25, 0.3) is 0 Å². The third-order valence-electron chi connectivity index (χ3n) is 3.35. The predicted molar refractivity (Wildman–Crippen MR) is 86.5 cm³/mol. The normalized spacial score (nSPS) is 10.4. The van der Waals surface area contributed by atoms with Gasteiger partial charge in [-0.15, -0.1) is 5.10 Å². The Morgan fingerprint density at radius 2 is 2.04 bits per heavy atom. The monoisotopic (exact) mass is 324 g/mol. The smallest absolute Gasteiger partial charge is 0.256 e. The summed E-state index contributed by atoms with van der Waals surface area (Å²) in [6.45, 7) is 2.19. The van der Waals surface area contributed by atoms with Crippen LogP contribution in [0.4, 0.5) is 5.82 Å². The quantitative estimate of drug-likeness (QED) is 0.768. The zero-order chi connectivity index (χ0) is 16.9. The maximum Gasteiger partial charge on any atom is 0.256 e. The van der Waals surface area contributed by atoms with Gasteiger partial charge < -0.3 is 10.1 Å². The molecule has 2 aromatic heterocycles. The van der Waals surface area contributed by atoms with E-state index >= 15 is 0 Å². The average Bonchev–Trinajstić information content (AvgIpc) is 2.98. The van der Waals surface area contributed by atoms with Crippen LogP contribution in [0, 0.1) is 6.92 Å². The Balaban J connectivity index is 1.61. The third kappa shape index (κ3) is 3.72. The first-order valence-electron chi connectivity index (χ1n) is 7.30. The van der Waals surface area contributed by atoms with E-state index in [1.807, 2.05) is 19.1 Å². The van der Waals surface area contributed by atoms with Crippen molar-refractivity contribution >= 4 is 11.7 Å². The van der Waals surface area contributed by atoms with Crippen LogP contribution >= 0.6 is 0 Å². The molecule has 3 rings (SSSR count). The minimum Gasteiger partial charge on any atom is -0.486 e. The molecule has 2 heterocycles. The highest BCUT2D eigenvalue weighted by Crippen LogP contribution is 2.15. The molecule has 1 N–H and O–H groups in total. The van der Waals surface area contributed by atoms with Crippen LogP contribution in [0.2, 0.25) is 0 Å². The summed E-state index contributed by atoms with van der Waals surface area (Å²) in [6.07, 6.45) is 1.66. The first-order chi connectivity index (χ1) is 11.6. The molecule has 0 atom stereocenters. The van der Waals surface area contributed by atoms with Gasteiger partial charge in [0, 0.05) is 18.8 Å². The second-order valence-corrected chi connectivity index (χ2v) is 5.20. The van der Waals surface area contributed by atoms with Gasteiger partial charge in [-0.05, 0) is 59.3 Å². The summed E-state index contributed by atoms with van der Waals surface area (Å²) in [4.78, 5) is 16.3. The summed E-state index contributed by atoms with van der Waals surface area (Å²) in [5.41, 5.74) is 1.55. The number of hydrogen-bond acceptors (Lipinski definition) is 6. The van der Waals surface area contributed by atoms with Crippen LogP contribution in [-0.4, -0.2) is 31.1 Å². The Morgan fingerprint density at radius 3 is 2.71 bits per heavy atom. The number of anilines is 1. The highest BCUT2D eigenvalue weighted by molar-refractivity contribution is 6.03. The maximum absolute atomic E-state index is 12.2. The number of amides is 1. The van der Waals surface area contributed by atoms with Crippen LogP contribution in [0.1, 0.15) is 21.7 Å². The molecule has 8 nitrogen and oxygen atoms in total. The van der Waals surface area contributed by atoms with E-state index in [-0.39, 0.29) is 12.5 Å². The van der Waals surface area contributed by atoms with Gasteiger partial charge in [-0.2, -0.15) is 0 Å². The van der Waals surface area contributed by atoms with Crippen LogP contribution in [0.5, 0.6) is 5.75 Å². The number of pyridine rings is 1. The average molecular weight is 324 g/mol. The number of benzene rings is 1. The minimum atomic E-state index is -0.225. The summed E-state index contributed by atoms with van der Waals surface area (Å²) < 4.78 is 7.13. The van der Waals surface area contributed by atoms with E-state index in [0.29, 0.717) is 23.0 Å². The number of ether oxygens (including phenoxy) is 1. The SMILES string of the molecule is Cc1ccnc(NC(=O)c2ccc(OCc3nnnn3C)cc2)c1. The highest BCUT2D eigenvalue weighted by atomic mass is 16.5. The van der Waals surface area contributed by atoms with Crippen molar-refractivity contribution in [2.45, 2.75) is 13.5 Å². The summed E-state index contributed by atoms with van der Waals surface area (Å²) in [7, 11) is 1.74. The van der Waals surface area contributed by atoms with Gasteiger partial charge in [0.1, 0.15) is 18.2 Å². The number of hydrogen-bond donors (Lipinski definition) is 1. The van der Waals surface area contributed by atoms with Crippen LogP contribution in [-0.2, 0) is 13.7 Å². The van der Waals surface area contributed by atoms with Crippen LogP contribution < -0.4 is 10.1 Å². The summed E-state index contributed by atoms with van der Waals surface area (Å²) in [5, 5.41) is 13.9. The fraction of sp³-hybridized carbons (Fsp3) is 0.188. The summed E-state index contributed by atoms with van der Waals surface area (Å²) >= 11 is 0. The molecule has 0 aliphatic rings. The molecule has 3 aromatic rings. The molecule has 0 aliphatic carbocycles. The van der Waals surface area contributed by atoms with Crippen molar-refractivity contribution in [1.82, 2.24) is 25.2 Å². The van der Waals surface area contributed by atoms with E-state index in [1.165, 1.54) is 4.68 Å². The molecule has 1 aromatic carbocycles.